The fourth-order valence-electron chi connectivity index (χ4n) is 3.59. The maximum atomic E-state index is 14.2. The number of imidazole rings is 1. The standard InChI is InChI=1S/C22H30FN3O2/c1-22(2,3)21-24-19(14-26(21)13-15-8-10-28-11-9-15)16-6-7-18(23)17(12-16)20(27)25(4)5/h6-7,12,14-15H,8-11,13H2,1-5H3. The first-order chi connectivity index (χ1) is 13.2. The van der Waals surface area contributed by atoms with Gasteiger partial charge < -0.3 is 14.2 Å². The number of aromatic nitrogens is 2. The van der Waals surface area contributed by atoms with Crippen molar-refractivity contribution in [2.45, 2.75) is 45.6 Å². The molecular weight excluding hydrogens is 357 g/mol. The van der Waals surface area contributed by atoms with Crippen molar-refractivity contribution in [3.63, 3.8) is 0 Å². The second-order valence-corrected chi connectivity index (χ2v) is 8.80. The van der Waals surface area contributed by atoms with Gasteiger partial charge in [-0.15, -0.1) is 0 Å². The van der Waals surface area contributed by atoms with Crippen molar-refractivity contribution in [1.82, 2.24) is 14.5 Å². The predicted octanol–water partition coefficient (Wildman–Crippen LogP) is 4.12. The van der Waals surface area contributed by atoms with E-state index in [1.807, 2.05) is 6.20 Å². The monoisotopic (exact) mass is 387 g/mol. The minimum absolute atomic E-state index is 0.0683. The molecule has 0 bridgehead atoms. The molecule has 1 aliphatic heterocycles. The Balaban J connectivity index is 1.98. The Kier molecular flexibility index (Phi) is 5.89. The van der Waals surface area contributed by atoms with Crippen molar-refractivity contribution in [1.29, 1.82) is 0 Å². The lowest BCUT2D eigenvalue weighted by Gasteiger charge is -2.25. The van der Waals surface area contributed by atoms with E-state index in [-0.39, 0.29) is 16.9 Å². The van der Waals surface area contributed by atoms with Crippen LogP contribution in [0.4, 0.5) is 4.39 Å². The first-order valence-corrected chi connectivity index (χ1v) is 9.84. The van der Waals surface area contributed by atoms with Crippen LogP contribution < -0.4 is 0 Å². The number of ether oxygens (including phenoxy) is 1. The van der Waals surface area contributed by atoms with E-state index < -0.39 is 5.82 Å². The molecule has 1 aromatic heterocycles. The molecule has 0 atom stereocenters. The lowest BCUT2D eigenvalue weighted by atomic mass is 9.94. The SMILES string of the molecule is CN(C)C(=O)c1cc(-c2cn(CC3CCOCC3)c(C(C)(C)C)n2)ccc1F. The van der Waals surface area contributed by atoms with Crippen LogP contribution in [0.2, 0.25) is 0 Å². The number of carbonyl (C=O) groups is 1. The summed E-state index contributed by atoms with van der Waals surface area (Å²) in [5, 5.41) is 0. The molecule has 28 heavy (non-hydrogen) atoms. The van der Waals surface area contributed by atoms with Gasteiger partial charge in [0.15, 0.2) is 0 Å². The number of nitrogens with zero attached hydrogens (tertiary/aromatic N) is 3. The van der Waals surface area contributed by atoms with Gasteiger partial charge in [-0.2, -0.15) is 0 Å². The lowest BCUT2D eigenvalue weighted by molar-refractivity contribution is 0.0607. The molecule has 2 heterocycles. The van der Waals surface area contributed by atoms with Crippen molar-refractivity contribution < 1.29 is 13.9 Å². The van der Waals surface area contributed by atoms with Gasteiger partial charge in [-0.25, -0.2) is 9.37 Å². The number of hydrogen-bond donors (Lipinski definition) is 0. The largest absolute Gasteiger partial charge is 0.381 e. The van der Waals surface area contributed by atoms with Crippen LogP contribution in [-0.2, 0) is 16.7 Å². The minimum atomic E-state index is -0.514. The lowest BCUT2D eigenvalue weighted by Crippen LogP contribution is -2.24. The molecule has 1 aromatic carbocycles. The summed E-state index contributed by atoms with van der Waals surface area (Å²) in [5.41, 5.74) is 1.47. The molecule has 152 valence electrons. The Morgan fingerprint density at radius 3 is 2.57 bits per heavy atom. The first kappa shape index (κ1) is 20.5. The van der Waals surface area contributed by atoms with Crippen LogP contribution in [0.3, 0.4) is 0 Å². The molecule has 1 amide bonds. The highest BCUT2D eigenvalue weighted by atomic mass is 19.1. The molecule has 0 N–H and O–H groups in total. The van der Waals surface area contributed by atoms with E-state index in [9.17, 15) is 9.18 Å². The van der Waals surface area contributed by atoms with Gasteiger partial charge in [0.1, 0.15) is 11.6 Å². The smallest absolute Gasteiger partial charge is 0.256 e. The van der Waals surface area contributed by atoms with Gasteiger partial charge in [-0.3, -0.25) is 4.79 Å². The highest BCUT2D eigenvalue weighted by Crippen LogP contribution is 2.29. The molecule has 0 aliphatic carbocycles. The maximum absolute atomic E-state index is 14.2. The average molecular weight is 387 g/mol. The molecule has 1 saturated heterocycles. The van der Waals surface area contributed by atoms with E-state index in [1.54, 1.807) is 26.2 Å². The van der Waals surface area contributed by atoms with E-state index in [4.69, 9.17) is 9.72 Å². The molecule has 0 saturated carbocycles. The van der Waals surface area contributed by atoms with Crippen LogP contribution >= 0.6 is 0 Å². The van der Waals surface area contributed by atoms with Crippen molar-refractivity contribution >= 4 is 5.91 Å². The number of rotatable bonds is 4. The zero-order chi connectivity index (χ0) is 20.5. The van der Waals surface area contributed by atoms with E-state index >= 15 is 0 Å². The van der Waals surface area contributed by atoms with Crippen LogP contribution in [-0.4, -0.2) is 47.7 Å². The quantitative estimate of drug-likeness (QED) is 0.793. The fourth-order valence-corrected chi connectivity index (χ4v) is 3.59. The van der Waals surface area contributed by atoms with Crippen LogP contribution in [0.15, 0.2) is 24.4 Å². The predicted molar refractivity (Wildman–Crippen MR) is 108 cm³/mol. The zero-order valence-electron chi connectivity index (χ0n) is 17.5. The zero-order valence-corrected chi connectivity index (χ0v) is 17.5. The van der Waals surface area contributed by atoms with Gasteiger partial charge >= 0.3 is 0 Å². The Bertz CT molecular complexity index is 846. The fraction of sp³-hybridized carbons (Fsp3) is 0.545. The van der Waals surface area contributed by atoms with E-state index in [0.717, 1.165) is 49.7 Å². The Labute approximate surface area is 166 Å². The van der Waals surface area contributed by atoms with Gasteiger partial charge in [-0.1, -0.05) is 20.8 Å². The molecule has 1 aliphatic rings. The summed E-state index contributed by atoms with van der Waals surface area (Å²) >= 11 is 0. The second-order valence-electron chi connectivity index (χ2n) is 8.80. The molecule has 3 rings (SSSR count). The maximum Gasteiger partial charge on any atom is 0.256 e. The number of halogens is 1. The van der Waals surface area contributed by atoms with Crippen molar-refractivity contribution in [3.05, 3.63) is 41.6 Å². The van der Waals surface area contributed by atoms with Crippen LogP contribution in [0.25, 0.3) is 11.3 Å². The first-order valence-electron chi connectivity index (χ1n) is 9.84. The van der Waals surface area contributed by atoms with Gasteiger partial charge in [-0.05, 0) is 37.0 Å². The molecule has 0 spiro atoms. The Morgan fingerprint density at radius 1 is 1.29 bits per heavy atom. The molecule has 5 nitrogen and oxygen atoms in total. The van der Waals surface area contributed by atoms with E-state index in [1.165, 1.54) is 11.0 Å². The van der Waals surface area contributed by atoms with Gasteiger partial charge in [0.2, 0.25) is 0 Å². The number of hydrogen-bond acceptors (Lipinski definition) is 3. The third-order valence-electron chi connectivity index (χ3n) is 5.14. The number of carbonyl (C=O) groups excluding carboxylic acids is 1. The van der Waals surface area contributed by atoms with E-state index in [0.29, 0.717) is 5.92 Å². The average Bonchev–Trinajstić information content (AvgIpc) is 3.06. The third kappa shape index (κ3) is 4.43. The molecule has 2 aromatic rings. The molecule has 0 radical (unpaired) electrons. The summed E-state index contributed by atoms with van der Waals surface area (Å²) in [4.78, 5) is 18.5. The second kappa shape index (κ2) is 8.03. The summed E-state index contributed by atoms with van der Waals surface area (Å²) in [6.45, 7) is 8.95. The summed E-state index contributed by atoms with van der Waals surface area (Å²) in [6, 6.07) is 4.64. The van der Waals surface area contributed by atoms with Crippen molar-refractivity contribution in [2.24, 2.45) is 5.92 Å². The van der Waals surface area contributed by atoms with E-state index in [2.05, 4.69) is 25.3 Å². The third-order valence-corrected chi connectivity index (χ3v) is 5.14. The summed E-state index contributed by atoms with van der Waals surface area (Å²) in [7, 11) is 3.24. The summed E-state index contributed by atoms with van der Waals surface area (Å²) in [6.07, 6.45) is 4.14. The summed E-state index contributed by atoms with van der Waals surface area (Å²) < 4.78 is 21.9. The van der Waals surface area contributed by atoms with Gasteiger partial charge in [0.05, 0.1) is 11.3 Å². The van der Waals surface area contributed by atoms with Crippen molar-refractivity contribution in [2.75, 3.05) is 27.3 Å². The summed E-state index contributed by atoms with van der Waals surface area (Å²) in [5.74, 6) is 0.701. The number of benzene rings is 1. The van der Waals surface area contributed by atoms with Crippen LogP contribution in [0, 0.1) is 11.7 Å². The number of amides is 1. The Hall–Kier alpha value is -2.21. The Morgan fingerprint density at radius 2 is 1.96 bits per heavy atom. The highest BCUT2D eigenvalue weighted by molar-refractivity contribution is 5.95. The topological polar surface area (TPSA) is 47.4 Å². The normalized spacial score (nSPS) is 15.6. The highest BCUT2D eigenvalue weighted by Gasteiger charge is 2.25. The molecular formula is C22H30FN3O2. The van der Waals surface area contributed by atoms with Crippen molar-refractivity contribution in [3.8, 4) is 11.3 Å². The van der Waals surface area contributed by atoms with Gasteiger partial charge in [0, 0.05) is 51.0 Å². The molecule has 1 fully saturated rings. The molecule has 0 unspecified atom stereocenters. The van der Waals surface area contributed by atoms with Gasteiger partial charge in [0.25, 0.3) is 5.91 Å². The van der Waals surface area contributed by atoms with Crippen LogP contribution in [0.1, 0.15) is 49.8 Å². The minimum Gasteiger partial charge on any atom is -0.381 e. The molecule has 6 heteroatoms. The van der Waals surface area contributed by atoms with Crippen LogP contribution in [0.5, 0.6) is 0 Å².